The molecule has 2 aromatic rings. The Balaban J connectivity index is 0.00000156. The van der Waals surface area contributed by atoms with Crippen molar-refractivity contribution >= 4 is 47.5 Å². The van der Waals surface area contributed by atoms with Crippen LogP contribution in [0.4, 0.5) is 11.8 Å². The van der Waals surface area contributed by atoms with Gasteiger partial charge in [0.2, 0.25) is 5.95 Å². The van der Waals surface area contributed by atoms with Crippen molar-refractivity contribution in [3.63, 3.8) is 0 Å². The second kappa shape index (κ2) is 9.10. The number of benzene rings is 1. The van der Waals surface area contributed by atoms with Crippen molar-refractivity contribution in [3.05, 3.63) is 12.1 Å². The number of ether oxygens (including phenoxy) is 2. The number of aliphatic hydroxyl groups is 1. The van der Waals surface area contributed by atoms with E-state index in [1.807, 2.05) is 4.90 Å². The van der Waals surface area contributed by atoms with Gasteiger partial charge in [-0.1, -0.05) is 0 Å². The molecule has 1 aliphatic heterocycles. The molecule has 0 spiro atoms. The fraction of sp³-hybridized carbons (Fsp3) is 0.467. The quantitative estimate of drug-likeness (QED) is 0.706. The number of nitrogens with one attached hydrogen (secondary N) is 1. The molecule has 1 aromatic carbocycles. The molecule has 2 heterocycles. The van der Waals surface area contributed by atoms with E-state index < -0.39 is 6.10 Å². The maximum atomic E-state index is 9.93. The standard InChI is InChI=1S/C15H21N5O3.2ClH/c1-22-12-5-10-11(6-13(12)23-2)18-15(19-14(10)16)20-4-3-17-7-9(21)8-20;;/h5-6,9,17,21H,3-4,7-8H2,1-2H3,(H2,16,18,19);2*1H. The van der Waals surface area contributed by atoms with Crippen LogP contribution < -0.4 is 25.4 Å². The lowest BCUT2D eigenvalue weighted by Gasteiger charge is -2.22. The van der Waals surface area contributed by atoms with Gasteiger partial charge in [-0.2, -0.15) is 4.98 Å². The molecule has 1 saturated heterocycles. The predicted molar refractivity (Wildman–Crippen MR) is 103 cm³/mol. The summed E-state index contributed by atoms with van der Waals surface area (Å²) in [6.07, 6.45) is -0.469. The Kier molecular flexibility index (Phi) is 7.75. The number of nitrogen functional groups attached to an aromatic ring is 1. The molecule has 1 fully saturated rings. The van der Waals surface area contributed by atoms with Crippen LogP contribution in [0.2, 0.25) is 0 Å². The average molecular weight is 392 g/mol. The van der Waals surface area contributed by atoms with Crippen LogP contribution in [0.3, 0.4) is 0 Å². The van der Waals surface area contributed by atoms with Gasteiger partial charge in [-0.15, -0.1) is 24.8 Å². The Labute approximate surface area is 158 Å². The number of aromatic nitrogens is 2. The number of halogens is 2. The number of fused-ring (bicyclic) bond motifs is 1. The van der Waals surface area contributed by atoms with E-state index in [4.69, 9.17) is 15.2 Å². The molecule has 140 valence electrons. The van der Waals surface area contributed by atoms with Gasteiger partial charge in [0, 0.05) is 37.6 Å². The summed E-state index contributed by atoms with van der Waals surface area (Å²) in [6, 6.07) is 3.55. The Bertz CT molecular complexity index is 719. The highest BCUT2D eigenvalue weighted by Gasteiger charge is 2.20. The normalized spacial score (nSPS) is 17.2. The molecular weight excluding hydrogens is 369 g/mol. The molecule has 0 bridgehead atoms. The van der Waals surface area contributed by atoms with E-state index in [9.17, 15) is 5.11 Å². The fourth-order valence-corrected chi connectivity index (χ4v) is 2.68. The van der Waals surface area contributed by atoms with Gasteiger partial charge in [-0.3, -0.25) is 0 Å². The van der Waals surface area contributed by atoms with Crippen molar-refractivity contribution in [2.75, 3.05) is 51.0 Å². The number of β-amino-alcohol motifs (C(OH)–C–C–N with tert-alkyl or cyclic N) is 1. The zero-order valence-electron chi connectivity index (χ0n) is 14.1. The molecule has 25 heavy (non-hydrogen) atoms. The van der Waals surface area contributed by atoms with E-state index in [1.165, 1.54) is 0 Å². The van der Waals surface area contributed by atoms with E-state index in [0.29, 0.717) is 53.8 Å². The van der Waals surface area contributed by atoms with E-state index in [0.717, 1.165) is 6.54 Å². The minimum absolute atomic E-state index is 0. The number of aliphatic hydroxyl groups excluding tert-OH is 1. The van der Waals surface area contributed by atoms with Crippen LogP contribution in [-0.4, -0.2) is 61.6 Å². The number of rotatable bonds is 3. The van der Waals surface area contributed by atoms with Gasteiger partial charge in [-0.05, 0) is 6.07 Å². The molecule has 0 aliphatic carbocycles. The lowest BCUT2D eigenvalue weighted by Crippen LogP contribution is -2.34. The van der Waals surface area contributed by atoms with Crippen molar-refractivity contribution < 1.29 is 14.6 Å². The van der Waals surface area contributed by atoms with Crippen molar-refractivity contribution in [2.45, 2.75) is 6.10 Å². The maximum Gasteiger partial charge on any atom is 0.228 e. The van der Waals surface area contributed by atoms with Crippen molar-refractivity contribution in [1.29, 1.82) is 0 Å². The number of nitrogens with two attached hydrogens (primary N) is 1. The summed E-state index contributed by atoms with van der Waals surface area (Å²) in [5, 5.41) is 13.8. The highest BCUT2D eigenvalue weighted by atomic mass is 35.5. The molecule has 1 aliphatic rings. The predicted octanol–water partition coefficient (Wildman–Crippen LogP) is 0.843. The van der Waals surface area contributed by atoms with Gasteiger partial charge in [0.15, 0.2) is 11.5 Å². The largest absolute Gasteiger partial charge is 0.493 e. The highest BCUT2D eigenvalue weighted by molar-refractivity contribution is 5.91. The van der Waals surface area contributed by atoms with E-state index >= 15 is 0 Å². The maximum absolute atomic E-state index is 9.93. The van der Waals surface area contributed by atoms with Crippen LogP contribution in [-0.2, 0) is 0 Å². The lowest BCUT2D eigenvalue weighted by atomic mass is 10.2. The van der Waals surface area contributed by atoms with E-state index in [-0.39, 0.29) is 24.8 Å². The second-order valence-corrected chi connectivity index (χ2v) is 5.44. The molecule has 1 unspecified atom stereocenters. The average Bonchev–Trinajstić information content (AvgIpc) is 2.78. The molecule has 0 radical (unpaired) electrons. The Morgan fingerprint density at radius 1 is 1.20 bits per heavy atom. The molecule has 4 N–H and O–H groups in total. The molecule has 8 nitrogen and oxygen atoms in total. The van der Waals surface area contributed by atoms with Crippen LogP contribution >= 0.6 is 24.8 Å². The zero-order valence-corrected chi connectivity index (χ0v) is 15.7. The lowest BCUT2D eigenvalue weighted by molar-refractivity contribution is 0.184. The number of anilines is 2. The summed E-state index contributed by atoms with van der Waals surface area (Å²) in [5.41, 5.74) is 6.78. The molecule has 1 aromatic heterocycles. The van der Waals surface area contributed by atoms with Gasteiger partial charge >= 0.3 is 0 Å². The fourth-order valence-electron chi connectivity index (χ4n) is 2.68. The summed E-state index contributed by atoms with van der Waals surface area (Å²) in [4.78, 5) is 10.9. The van der Waals surface area contributed by atoms with Gasteiger partial charge in [-0.25, -0.2) is 4.98 Å². The van der Waals surface area contributed by atoms with Gasteiger partial charge in [0.1, 0.15) is 5.82 Å². The van der Waals surface area contributed by atoms with Crippen LogP contribution in [0.15, 0.2) is 12.1 Å². The third kappa shape index (κ3) is 4.46. The first kappa shape index (κ1) is 21.3. The summed E-state index contributed by atoms with van der Waals surface area (Å²) >= 11 is 0. The summed E-state index contributed by atoms with van der Waals surface area (Å²) in [5.74, 6) is 2.04. The van der Waals surface area contributed by atoms with Crippen LogP contribution in [0, 0.1) is 0 Å². The summed E-state index contributed by atoms with van der Waals surface area (Å²) in [6.45, 7) is 2.48. The van der Waals surface area contributed by atoms with Gasteiger partial charge in [0.25, 0.3) is 0 Å². The minimum atomic E-state index is -0.469. The molecule has 0 saturated carbocycles. The number of hydrogen-bond donors (Lipinski definition) is 3. The molecule has 1 atom stereocenters. The first-order valence-corrected chi connectivity index (χ1v) is 7.45. The van der Waals surface area contributed by atoms with E-state index in [2.05, 4.69) is 15.3 Å². The monoisotopic (exact) mass is 391 g/mol. The zero-order chi connectivity index (χ0) is 16.4. The topological polar surface area (TPSA) is 106 Å². The van der Waals surface area contributed by atoms with Crippen molar-refractivity contribution in [1.82, 2.24) is 15.3 Å². The Morgan fingerprint density at radius 2 is 1.88 bits per heavy atom. The molecule has 10 heteroatoms. The van der Waals surface area contributed by atoms with Crippen molar-refractivity contribution in [2.24, 2.45) is 0 Å². The smallest absolute Gasteiger partial charge is 0.228 e. The second-order valence-electron chi connectivity index (χ2n) is 5.44. The third-order valence-electron chi connectivity index (χ3n) is 3.87. The van der Waals surface area contributed by atoms with E-state index in [1.54, 1.807) is 26.4 Å². The highest BCUT2D eigenvalue weighted by Crippen LogP contribution is 2.34. The number of methoxy groups -OCH3 is 2. The SMILES string of the molecule is COc1cc2nc(N3CCNCC(O)C3)nc(N)c2cc1OC.Cl.Cl. The van der Waals surface area contributed by atoms with Crippen molar-refractivity contribution in [3.8, 4) is 11.5 Å². The summed E-state index contributed by atoms with van der Waals surface area (Å²) in [7, 11) is 3.15. The first-order valence-electron chi connectivity index (χ1n) is 7.45. The minimum Gasteiger partial charge on any atom is -0.493 e. The van der Waals surface area contributed by atoms with Gasteiger partial charge < -0.3 is 30.5 Å². The molecule has 0 amide bonds. The van der Waals surface area contributed by atoms with Crippen LogP contribution in [0.5, 0.6) is 11.5 Å². The Morgan fingerprint density at radius 3 is 2.56 bits per heavy atom. The molecule has 3 rings (SSSR count). The van der Waals surface area contributed by atoms with Gasteiger partial charge in [0.05, 0.1) is 25.8 Å². The van der Waals surface area contributed by atoms with Crippen LogP contribution in [0.1, 0.15) is 0 Å². The third-order valence-corrected chi connectivity index (χ3v) is 3.87. The molecular formula is C15H23Cl2N5O3. The number of hydrogen-bond acceptors (Lipinski definition) is 8. The van der Waals surface area contributed by atoms with Crippen LogP contribution in [0.25, 0.3) is 10.9 Å². The Hall–Kier alpha value is -1.74. The first-order chi connectivity index (χ1) is 11.1. The number of nitrogens with zero attached hydrogens (tertiary/aromatic N) is 3. The summed E-state index contributed by atoms with van der Waals surface area (Å²) < 4.78 is 10.6.